The van der Waals surface area contributed by atoms with E-state index in [2.05, 4.69) is 30.5 Å². The van der Waals surface area contributed by atoms with Crippen LogP contribution in [0.2, 0.25) is 0 Å². The first-order valence-corrected chi connectivity index (χ1v) is 8.98. The summed E-state index contributed by atoms with van der Waals surface area (Å²) in [4.78, 5) is 14.6. The largest absolute Gasteiger partial charge is 0.294 e. The number of aryl methyl sites for hydroxylation is 1. The number of carbonyl (C=O) groups excluding carboxylic acids is 1. The van der Waals surface area contributed by atoms with Crippen molar-refractivity contribution in [1.29, 1.82) is 0 Å². The van der Waals surface area contributed by atoms with E-state index in [4.69, 9.17) is 0 Å². The van der Waals surface area contributed by atoms with Gasteiger partial charge in [0, 0.05) is 21.8 Å². The topological polar surface area (TPSA) is 17.1 Å². The van der Waals surface area contributed by atoms with Gasteiger partial charge in [-0.1, -0.05) is 24.3 Å². The predicted molar refractivity (Wildman–Crippen MR) is 89.1 cm³/mol. The highest BCUT2D eigenvalue weighted by Crippen LogP contribution is 2.18. The highest BCUT2D eigenvalue weighted by molar-refractivity contribution is 7.98. The molecule has 0 radical (unpaired) electrons. The SMILES string of the molecule is CSc1ccc(CCC(=O)c2ccc(SC)cc2)cc1. The van der Waals surface area contributed by atoms with Crippen molar-refractivity contribution in [2.45, 2.75) is 22.6 Å². The lowest BCUT2D eigenvalue weighted by Crippen LogP contribution is -2.01. The summed E-state index contributed by atoms with van der Waals surface area (Å²) in [5.41, 5.74) is 2.03. The number of benzene rings is 2. The van der Waals surface area contributed by atoms with Gasteiger partial charge in [0.1, 0.15) is 0 Å². The number of hydrogen-bond acceptors (Lipinski definition) is 3. The van der Waals surface area contributed by atoms with Crippen molar-refractivity contribution in [3.8, 4) is 0 Å². The van der Waals surface area contributed by atoms with Crippen LogP contribution >= 0.6 is 23.5 Å². The molecule has 104 valence electrons. The first-order chi connectivity index (χ1) is 9.72. The van der Waals surface area contributed by atoms with Crippen LogP contribution in [0.15, 0.2) is 58.3 Å². The fourth-order valence-electron chi connectivity index (χ4n) is 1.97. The van der Waals surface area contributed by atoms with Crippen molar-refractivity contribution in [1.82, 2.24) is 0 Å². The Balaban J connectivity index is 1.93. The molecule has 0 N–H and O–H groups in total. The summed E-state index contributed by atoms with van der Waals surface area (Å²) in [6.45, 7) is 0. The monoisotopic (exact) mass is 302 g/mol. The van der Waals surface area contributed by atoms with Gasteiger partial charge in [-0.3, -0.25) is 4.79 Å². The number of thioether (sulfide) groups is 2. The van der Waals surface area contributed by atoms with Crippen LogP contribution < -0.4 is 0 Å². The summed E-state index contributed by atoms with van der Waals surface area (Å²) < 4.78 is 0. The fourth-order valence-corrected chi connectivity index (χ4v) is 2.79. The molecule has 3 heteroatoms. The molecule has 0 bridgehead atoms. The van der Waals surface area contributed by atoms with Gasteiger partial charge in [-0.2, -0.15) is 0 Å². The third kappa shape index (κ3) is 4.15. The van der Waals surface area contributed by atoms with E-state index in [1.165, 1.54) is 15.4 Å². The second-order valence-electron chi connectivity index (χ2n) is 4.50. The van der Waals surface area contributed by atoms with E-state index in [0.29, 0.717) is 6.42 Å². The average molecular weight is 302 g/mol. The fraction of sp³-hybridized carbons (Fsp3) is 0.235. The highest BCUT2D eigenvalue weighted by atomic mass is 32.2. The molecule has 0 spiro atoms. The van der Waals surface area contributed by atoms with E-state index >= 15 is 0 Å². The van der Waals surface area contributed by atoms with Crippen molar-refractivity contribution < 1.29 is 4.79 Å². The second kappa shape index (κ2) is 7.55. The molecule has 0 unspecified atom stereocenters. The maximum absolute atomic E-state index is 12.1. The maximum atomic E-state index is 12.1. The molecule has 20 heavy (non-hydrogen) atoms. The van der Waals surface area contributed by atoms with Crippen molar-refractivity contribution in [2.24, 2.45) is 0 Å². The van der Waals surface area contributed by atoms with Crippen LogP contribution in [0.25, 0.3) is 0 Å². The zero-order valence-electron chi connectivity index (χ0n) is 11.8. The zero-order chi connectivity index (χ0) is 14.4. The second-order valence-corrected chi connectivity index (χ2v) is 6.26. The van der Waals surface area contributed by atoms with Crippen LogP contribution in [0.3, 0.4) is 0 Å². The molecule has 0 atom stereocenters. The van der Waals surface area contributed by atoms with Crippen LogP contribution in [0, 0.1) is 0 Å². The van der Waals surface area contributed by atoms with Gasteiger partial charge in [0.15, 0.2) is 5.78 Å². The number of hydrogen-bond donors (Lipinski definition) is 0. The maximum Gasteiger partial charge on any atom is 0.163 e. The first-order valence-electron chi connectivity index (χ1n) is 6.53. The minimum absolute atomic E-state index is 0.214. The lowest BCUT2D eigenvalue weighted by atomic mass is 10.0. The normalized spacial score (nSPS) is 10.5. The van der Waals surface area contributed by atoms with Gasteiger partial charge in [0.05, 0.1) is 0 Å². The van der Waals surface area contributed by atoms with Crippen molar-refractivity contribution >= 4 is 29.3 Å². The van der Waals surface area contributed by atoms with Crippen LogP contribution in [-0.4, -0.2) is 18.3 Å². The third-order valence-electron chi connectivity index (χ3n) is 3.21. The standard InChI is InChI=1S/C17H18OS2/c1-19-15-8-3-13(4-9-15)5-12-17(18)14-6-10-16(20-2)11-7-14/h3-4,6-11H,5,12H2,1-2H3. The van der Waals surface area contributed by atoms with Crippen LogP contribution in [-0.2, 0) is 6.42 Å². The molecular formula is C17H18OS2. The Kier molecular flexibility index (Phi) is 5.74. The average Bonchev–Trinajstić information content (AvgIpc) is 2.53. The Morgan fingerprint density at radius 2 is 1.35 bits per heavy atom. The molecule has 0 aliphatic heterocycles. The van der Waals surface area contributed by atoms with Gasteiger partial charge >= 0.3 is 0 Å². The molecule has 0 saturated heterocycles. The molecule has 0 fully saturated rings. The molecule has 2 aromatic carbocycles. The summed E-state index contributed by atoms with van der Waals surface area (Å²) in [6.07, 6.45) is 5.47. The summed E-state index contributed by atoms with van der Waals surface area (Å²) in [5.74, 6) is 0.214. The lowest BCUT2D eigenvalue weighted by molar-refractivity contribution is 0.0983. The van der Waals surface area contributed by atoms with Gasteiger partial charge in [0.25, 0.3) is 0 Å². The zero-order valence-corrected chi connectivity index (χ0v) is 13.4. The van der Waals surface area contributed by atoms with Crippen LogP contribution in [0.4, 0.5) is 0 Å². The molecule has 0 aliphatic rings. The molecular weight excluding hydrogens is 284 g/mol. The van der Waals surface area contributed by atoms with Gasteiger partial charge in [0.2, 0.25) is 0 Å². The molecule has 2 rings (SSSR count). The summed E-state index contributed by atoms with van der Waals surface area (Å²) in [6, 6.07) is 16.3. The minimum Gasteiger partial charge on any atom is -0.294 e. The predicted octanol–water partition coefficient (Wildman–Crippen LogP) is 4.95. The Hall–Kier alpha value is -1.19. The molecule has 0 amide bonds. The van der Waals surface area contributed by atoms with Gasteiger partial charge < -0.3 is 0 Å². The smallest absolute Gasteiger partial charge is 0.163 e. The van der Waals surface area contributed by atoms with E-state index in [0.717, 1.165) is 12.0 Å². The van der Waals surface area contributed by atoms with E-state index in [1.807, 2.05) is 30.5 Å². The number of Topliss-reactive ketones (excluding diaryl/α,β-unsaturated/α-hetero) is 1. The van der Waals surface area contributed by atoms with E-state index in [-0.39, 0.29) is 5.78 Å². The van der Waals surface area contributed by atoms with Crippen molar-refractivity contribution in [3.63, 3.8) is 0 Å². The van der Waals surface area contributed by atoms with Crippen molar-refractivity contribution in [3.05, 3.63) is 59.7 Å². The minimum atomic E-state index is 0.214. The lowest BCUT2D eigenvalue weighted by Gasteiger charge is -2.04. The first kappa shape index (κ1) is 15.2. The Morgan fingerprint density at radius 3 is 1.85 bits per heavy atom. The molecule has 0 aromatic heterocycles. The number of carbonyl (C=O) groups is 1. The van der Waals surface area contributed by atoms with Gasteiger partial charge in [-0.05, 0) is 48.8 Å². The Morgan fingerprint density at radius 1 is 0.850 bits per heavy atom. The van der Waals surface area contributed by atoms with E-state index in [9.17, 15) is 4.79 Å². The summed E-state index contributed by atoms with van der Waals surface area (Å²) in [5, 5.41) is 0. The number of ketones is 1. The Bertz CT molecular complexity index is 559. The van der Waals surface area contributed by atoms with E-state index in [1.54, 1.807) is 23.5 Å². The highest BCUT2D eigenvalue weighted by Gasteiger charge is 2.06. The van der Waals surface area contributed by atoms with Crippen LogP contribution in [0.5, 0.6) is 0 Å². The summed E-state index contributed by atoms with van der Waals surface area (Å²) in [7, 11) is 0. The van der Waals surface area contributed by atoms with Crippen molar-refractivity contribution in [2.75, 3.05) is 12.5 Å². The Labute approximate surface area is 129 Å². The molecule has 0 heterocycles. The molecule has 1 nitrogen and oxygen atoms in total. The van der Waals surface area contributed by atoms with E-state index < -0.39 is 0 Å². The quantitative estimate of drug-likeness (QED) is 0.555. The number of rotatable bonds is 6. The van der Waals surface area contributed by atoms with Crippen LogP contribution in [0.1, 0.15) is 22.3 Å². The third-order valence-corrected chi connectivity index (χ3v) is 4.70. The molecule has 2 aromatic rings. The summed E-state index contributed by atoms with van der Waals surface area (Å²) >= 11 is 3.42. The molecule has 0 aliphatic carbocycles. The van der Waals surface area contributed by atoms with Gasteiger partial charge in [-0.25, -0.2) is 0 Å². The van der Waals surface area contributed by atoms with Gasteiger partial charge in [-0.15, -0.1) is 23.5 Å². The molecule has 0 saturated carbocycles.